The van der Waals surface area contributed by atoms with Gasteiger partial charge < -0.3 is 4.42 Å². The van der Waals surface area contributed by atoms with Crippen molar-refractivity contribution in [3.8, 4) is 0 Å². The number of benzene rings is 2. The molecule has 7 heteroatoms. The lowest BCUT2D eigenvalue weighted by Crippen LogP contribution is -2.14. The minimum absolute atomic E-state index is 0.0583. The molecule has 0 bridgehead atoms. The first-order valence-corrected chi connectivity index (χ1v) is 8.21. The van der Waals surface area contributed by atoms with Crippen molar-refractivity contribution in [1.29, 1.82) is 0 Å². The van der Waals surface area contributed by atoms with Crippen LogP contribution in [0, 0.1) is 0 Å². The smallest absolute Gasteiger partial charge is 0.408 e. The molecular formula is C15H14N2O4S. The Balaban J connectivity index is 2.02. The summed E-state index contributed by atoms with van der Waals surface area (Å²) in [5.74, 6) is -0.617. The molecule has 3 aromatic rings. The quantitative estimate of drug-likeness (QED) is 0.773. The van der Waals surface area contributed by atoms with E-state index in [0.29, 0.717) is 23.2 Å². The first-order chi connectivity index (χ1) is 10.5. The van der Waals surface area contributed by atoms with Crippen LogP contribution in [0.3, 0.4) is 0 Å². The second-order valence-electron chi connectivity index (χ2n) is 4.79. The minimum atomic E-state index is -3.74. The molecule has 0 aliphatic heterocycles. The zero-order chi connectivity index (χ0) is 15.7. The number of aromatic nitrogens is 1. The molecule has 1 aromatic heterocycles. The summed E-state index contributed by atoms with van der Waals surface area (Å²) in [6.07, 6.45) is 0.715. The molecule has 0 aliphatic rings. The van der Waals surface area contributed by atoms with Crippen molar-refractivity contribution in [2.75, 3.05) is 4.72 Å². The topological polar surface area (TPSA) is 92.2 Å². The van der Waals surface area contributed by atoms with Gasteiger partial charge in [0.25, 0.3) is 10.0 Å². The van der Waals surface area contributed by atoms with Gasteiger partial charge >= 0.3 is 5.76 Å². The Kier molecular flexibility index (Phi) is 3.50. The van der Waals surface area contributed by atoms with Crippen LogP contribution in [-0.4, -0.2) is 13.4 Å². The number of sulfonamides is 1. The van der Waals surface area contributed by atoms with Crippen LogP contribution in [0.25, 0.3) is 11.1 Å². The molecule has 0 atom stereocenters. The first-order valence-electron chi connectivity index (χ1n) is 6.73. The third-order valence-corrected chi connectivity index (χ3v) is 4.71. The molecule has 2 N–H and O–H groups in total. The van der Waals surface area contributed by atoms with Crippen molar-refractivity contribution in [3.05, 3.63) is 58.6 Å². The van der Waals surface area contributed by atoms with E-state index >= 15 is 0 Å². The second-order valence-corrected chi connectivity index (χ2v) is 6.47. The van der Waals surface area contributed by atoms with Gasteiger partial charge in [-0.2, -0.15) is 0 Å². The van der Waals surface area contributed by atoms with Crippen LogP contribution in [0.5, 0.6) is 0 Å². The fraction of sp³-hybridized carbons (Fsp3) is 0.133. The zero-order valence-corrected chi connectivity index (χ0v) is 12.6. The van der Waals surface area contributed by atoms with E-state index in [1.54, 1.807) is 12.1 Å². The molecule has 6 nitrogen and oxygen atoms in total. The fourth-order valence-corrected chi connectivity index (χ4v) is 3.36. The lowest BCUT2D eigenvalue weighted by Gasteiger charge is -2.11. The molecule has 114 valence electrons. The zero-order valence-electron chi connectivity index (χ0n) is 11.8. The van der Waals surface area contributed by atoms with Crippen LogP contribution in [-0.2, 0) is 16.4 Å². The van der Waals surface area contributed by atoms with Crippen molar-refractivity contribution in [1.82, 2.24) is 4.98 Å². The molecular weight excluding hydrogens is 304 g/mol. The largest absolute Gasteiger partial charge is 0.417 e. The van der Waals surface area contributed by atoms with Gasteiger partial charge in [-0.05, 0) is 36.2 Å². The van der Waals surface area contributed by atoms with Gasteiger partial charge in [-0.15, -0.1) is 0 Å². The second kappa shape index (κ2) is 5.34. The summed E-state index contributed by atoms with van der Waals surface area (Å²) in [5, 5.41) is 0. The maximum absolute atomic E-state index is 12.5. The summed E-state index contributed by atoms with van der Waals surface area (Å²) in [7, 11) is -3.74. The number of aryl methyl sites for hydroxylation is 1. The predicted molar refractivity (Wildman–Crippen MR) is 83.5 cm³/mol. The molecule has 0 radical (unpaired) electrons. The Morgan fingerprint density at radius 1 is 1.18 bits per heavy atom. The van der Waals surface area contributed by atoms with Gasteiger partial charge in [0.1, 0.15) is 0 Å². The highest BCUT2D eigenvalue weighted by atomic mass is 32.2. The van der Waals surface area contributed by atoms with Crippen LogP contribution in [0.1, 0.15) is 12.5 Å². The molecule has 2 aromatic carbocycles. The van der Waals surface area contributed by atoms with Crippen molar-refractivity contribution < 1.29 is 12.8 Å². The minimum Gasteiger partial charge on any atom is -0.408 e. The predicted octanol–water partition coefficient (Wildman–Crippen LogP) is 2.48. The Morgan fingerprint density at radius 3 is 2.73 bits per heavy atom. The van der Waals surface area contributed by atoms with E-state index < -0.39 is 15.8 Å². The monoisotopic (exact) mass is 318 g/mol. The van der Waals surface area contributed by atoms with E-state index in [2.05, 4.69) is 9.71 Å². The van der Waals surface area contributed by atoms with Crippen LogP contribution < -0.4 is 10.5 Å². The highest BCUT2D eigenvalue weighted by Gasteiger charge is 2.17. The summed E-state index contributed by atoms with van der Waals surface area (Å²) in [6, 6.07) is 11.4. The molecule has 22 heavy (non-hydrogen) atoms. The lowest BCUT2D eigenvalue weighted by atomic mass is 10.1. The number of oxazole rings is 1. The maximum Gasteiger partial charge on any atom is 0.417 e. The standard InChI is InChI=1S/C15H14N2O4S/c1-2-10-5-3-4-6-12(10)17-22(19,20)11-7-8-14-13(9-11)16-15(18)21-14/h3-9,17H,2H2,1H3,(H,16,18). The van der Waals surface area contributed by atoms with Crippen LogP contribution in [0.2, 0.25) is 0 Å². The van der Waals surface area contributed by atoms with Gasteiger partial charge in [0.2, 0.25) is 0 Å². The molecule has 0 saturated carbocycles. The normalized spacial score (nSPS) is 11.7. The van der Waals surface area contributed by atoms with Gasteiger partial charge in [0.05, 0.1) is 16.1 Å². The van der Waals surface area contributed by atoms with E-state index in [9.17, 15) is 13.2 Å². The lowest BCUT2D eigenvalue weighted by molar-refractivity contribution is 0.555. The maximum atomic E-state index is 12.5. The highest BCUT2D eigenvalue weighted by molar-refractivity contribution is 7.92. The molecule has 1 heterocycles. The summed E-state index contributed by atoms with van der Waals surface area (Å²) < 4.78 is 32.4. The van der Waals surface area contributed by atoms with Crippen LogP contribution in [0.4, 0.5) is 5.69 Å². The third kappa shape index (κ3) is 2.62. The number of aromatic amines is 1. The number of hydrogen-bond donors (Lipinski definition) is 2. The fourth-order valence-electron chi connectivity index (χ4n) is 2.23. The van der Waals surface area contributed by atoms with Gasteiger partial charge in [-0.3, -0.25) is 9.71 Å². The summed E-state index contributed by atoms with van der Waals surface area (Å²) in [6.45, 7) is 1.95. The molecule has 3 rings (SSSR count). The van der Waals surface area contributed by atoms with Gasteiger partial charge in [0, 0.05) is 0 Å². The first kappa shape index (κ1) is 14.4. The summed E-state index contributed by atoms with van der Waals surface area (Å²) >= 11 is 0. The van der Waals surface area contributed by atoms with Crippen LogP contribution in [0.15, 0.2) is 56.6 Å². The summed E-state index contributed by atoms with van der Waals surface area (Å²) in [4.78, 5) is 13.6. The highest BCUT2D eigenvalue weighted by Crippen LogP contribution is 2.22. The van der Waals surface area contributed by atoms with Crippen molar-refractivity contribution >= 4 is 26.8 Å². The number of nitrogens with one attached hydrogen (secondary N) is 2. The Morgan fingerprint density at radius 2 is 1.95 bits per heavy atom. The number of H-pyrrole nitrogens is 1. The van der Waals surface area contributed by atoms with Crippen molar-refractivity contribution in [2.24, 2.45) is 0 Å². The number of anilines is 1. The van der Waals surface area contributed by atoms with E-state index in [1.165, 1.54) is 18.2 Å². The average Bonchev–Trinajstić information content (AvgIpc) is 2.86. The van der Waals surface area contributed by atoms with Crippen molar-refractivity contribution in [2.45, 2.75) is 18.2 Å². The molecule has 0 saturated heterocycles. The van der Waals surface area contributed by atoms with E-state index in [1.807, 2.05) is 19.1 Å². The van der Waals surface area contributed by atoms with Crippen molar-refractivity contribution in [3.63, 3.8) is 0 Å². The number of hydrogen-bond acceptors (Lipinski definition) is 4. The van der Waals surface area contributed by atoms with E-state index in [4.69, 9.17) is 4.42 Å². The SMILES string of the molecule is CCc1ccccc1NS(=O)(=O)c1ccc2oc(=O)[nH]c2c1. The third-order valence-electron chi connectivity index (χ3n) is 3.34. The Hall–Kier alpha value is -2.54. The van der Waals surface area contributed by atoms with E-state index in [0.717, 1.165) is 5.56 Å². The Labute approximate surface area is 126 Å². The summed E-state index contributed by atoms with van der Waals surface area (Å²) in [5.41, 5.74) is 2.12. The number of para-hydroxylation sites is 1. The molecule has 0 fully saturated rings. The number of fused-ring (bicyclic) bond motifs is 1. The van der Waals surface area contributed by atoms with E-state index in [-0.39, 0.29) is 4.90 Å². The van der Waals surface area contributed by atoms with Crippen LogP contribution >= 0.6 is 0 Å². The average molecular weight is 318 g/mol. The molecule has 0 aliphatic carbocycles. The van der Waals surface area contributed by atoms with Gasteiger partial charge in [-0.25, -0.2) is 13.2 Å². The van der Waals surface area contributed by atoms with Gasteiger partial charge in [-0.1, -0.05) is 25.1 Å². The van der Waals surface area contributed by atoms with Gasteiger partial charge in [0.15, 0.2) is 5.58 Å². The molecule has 0 spiro atoms. The Bertz CT molecular complexity index is 986. The molecule has 0 amide bonds. The molecule has 0 unspecified atom stereocenters. The number of rotatable bonds is 4.